The molecule has 2 fully saturated rings. The second-order valence-electron chi connectivity index (χ2n) is 18.9. The fourth-order valence-corrected chi connectivity index (χ4v) is 9.76. The summed E-state index contributed by atoms with van der Waals surface area (Å²) in [6.45, 7) is 22.9. The van der Waals surface area contributed by atoms with E-state index >= 15 is 0 Å². The molecule has 0 radical (unpaired) electrons. The number of pyridine rings is 1. The average molecular weight is 921 g/mol. The first-order chi connectivity index (χ1) is 31.9. The number of amides is 4. The molecule has 2 aromatic heterocycles. The number of carbonyl (C=O) groups excluding carboxylic acids is 5. The van der Waals surface area contributed by atoms with Crippen molar-refractivity contribution in [2.24, 2.45) is 22.2 Å². The molecular weight excluding hydrogens is 853 g/mol. The number of allylic oxidation sites excluding steroid dienone is 2. The van der Waals surface area contributed by atoms with Crippen LogP contribution >= 0.6 is 0 Å². The maximum absolute atomic E-state index is 14.7. The highest BCUT2D eigenvalue weighted by atomic mass is 16.5. The standard InChI is InChI=1S/C51H68N8O8/c1-12-36(43(52-14-3)32(7)66-11)45-38-28-51(8,9)30-67-50(65)39-19-17-24-59(54-39)49(64)40(26-33-18-16-23-58(48(33)63)35-20-21-41(37(38)27-35)57(45)15-4)53-46(61)44(31(5)6)55(10)47(62)34-22-25-56(29-34)42(60)13-2/h12-14,16,18,20-21,23,27,31-32,34,39-40,44,54H,1-2,15,17,19,22,24-26,28-30H2,3-11H3,(H,53,61)/b43-36+,52-14-/t32-,34-,39-,40-,44-/m0/s1. The van der Waals surface area contributed by atoms with Gasteiger partial charge in [-0.3, -0.25) is 43.3 Å². The summed E-state index contributed by atoms with van der Waals surface area (Å²) in [5, 5.41) is 5.15. The van der Waals surface area contributed by atoms with Gasteiger partial charge < -0.3 is 29.2 Å². The summed E-state index contributed by atoms with van der Waals surface area (Å²) < 4.78 is 15.7. The Bertz CT molecular complexity index is 2530. The molecule has 1 aromatic carbocycles. The van der Waals surface area contributed by atoms with Gasteiger partial charge in [-0.25, -0.2) is 5.43 Å². The van der Waals surface area contributed by atoms with Gasteiger partial charge in [0.25, 0.3) is 11.5 Å². The highest BCUT2D eigenvalue weighted by Crippen LogP contribution is 2.39. The zero-order chi connectivity index (χ0) is 48.9. The van der Waals surface area contributed by atoms with E-state index in [-0.39, 0.29) is 61.1 Å². The lowest BCUT2D eigenvalue weighted by atomic mass is 9.84. The molecule has 5 atom stereocenters. The first-order valence-electron chi connectivity index (χ1n) is 23.4. The number of aryl methyl sites for hydroxylation is 1. The zero-order valence-electron chi connectivity index (χ0n) is 40.6. The smallest absolute Gasteiger partial charge is 0.324 e. The highest BCUT2D eigenvalue weighted by Gasteiger charge is 2.40. The number of fused-ring (bicyclic) bond motifs is 6. The second-order valence-corrected chi connectivity index (χ2v) is 18.9. The lowest BCUT2D eigenvalue weighted by molar-refractivity contribution is -0.155. The molecule has 0 saturated carbocycles. The van der Waals surface area contributed by atoms with E-state index in [4.69, 9.17) is 14.5 Å². The van der Waals surface area contributed by atoms with Crippen molar-refractivity contribution < 1.29 is 33.4 Å². The maximum Gasteiger partial charge on any atom is 0.324 e. The first-order valence-corrected chi connectivity index (χ1v) is 23.4. The topological polar surface area (TPSA) is 177 Å². The second kappa shape index (κ2) is 21.2. The monoisotopic (exact) mass is 921 g/mol. The molecule has 360 valence electrons. The molecule has 16 heteroatoms. The van der Waals surface area contributed by atoms with E-state index in [0.717, 1.165) is 27.7 Å². The molecule has 3 aromatic rings. The quantitative estimate of drug-likeness (QED) is 0.110. The molecule has 6 bridgehead atoms. The number of esters is 1. The number of carbonyl (C=O) groups is 5. The van der Waals surface area contributed by atoms with Crippen molar-refractivity contribution in [3.63, 3.8) is 0 Å². The Kier molecular flexibility index (Phi) is 15.9. The van der Waals surface area contributed by atoms with Crippen molar-refractivity contribution in [2.45, 2.75) is 111 Å². The predicted molar refractivity (Wildman–Crippen MR) is 259 cm³/mol. The molecule has 2 N–H and O–H groups in total. The molecule has 0 aliphatic carbocycles. The van der Waals surface area contributed by atoms with Gasteiger partial charge in [0.15, 0.2) is 0 Å². The molecular formula is C51H68N8O8. The van der Waals surface area contributed by atoms with Gasteiger partial charge in [-0.2, -0.15) is 0 Å². The summed E-state index contributed by atoms with van der Waals surface area (Å²) in [6.07, 6.45) is 7.66. The van der Waals surface area contributed by atoms with E-state index in [0.29, 0.717) is 50.2 Å². The number of methoxy groups -OCH3 is 1. The SMILES string of the molecule is C=CC(=O)N1CC[C@H](C(=O)N(C)[C@H](C(=O)N[C@H]2Cc3cccn(c3=O)-c3ccc4c(c3)c(c(/C(C=C)=C(/N=C\C)[C@H](C)OC)n4CC)CC(C)(C)COC(=O)[C@@H]3CCCN(N3)C2=O)C(C)C)C1. The minimum atomic E-state index is -1.28. The number of benzene rings is 1. The van der Waals surface area contributed by atoms with Gasteiger partial charge in [-0.1, -0.05) is 53.0 Å². The van der Waals surface area contributed by atoms with Gasteiger partial charge in [-0.05, 0) is 88.3 Å². The van der Waals surface area contributed by atoms with Crippen molar-refractivity contribution in [1.82, 2.24) is 34.7 Å². The van der Waals surface area contributed by atoms with E-state index in [1.165, 1.54) is 16.0 Å². The van der Waals surface area contributed by atoms with Crippen molar-refractivity contribution in [3.05, 3.63) is 94.7 Å². The van der Waals surface area contributed by atoms with Gasteiger partial charge in [0.1, 0.15) is 18.1 Å². The van der Waals surface area contributed by atoms with Gasteiger partial charge in [0.05, 0.1) is 30.0 Å². The van der Waals surface area contributed by atoms with Crippen molar-refractivity contribution in [3.8, 4) is 5.69 Å². The Labute approximate surface area is 393 Å². The van der Waals surface area contributed by atoms with Gasteiger partial charge in [-0.15, -0.1) is 0 Å². The van der Waals surface area contributed by atoms with Crippen LogP contribution in [0.25, 0.3) is 22.2 Å². The molecule has 5 heterocycles. The zero-order valence-corrected chi connectivity index (χ0v) is 40.6. The number of nitrogens with zero attached hydrogens (tertiary/aromatic N) is 6. The molecule has 2 saturated heterocycles. The van der Waals surface area contributed by atoms with Crippen molar-refractivity contribution >= 4 is 52.3 Å². The maximum atomic E-state index is 14.7. The minimum Gasteiger partial charge on any atom is -0.464 e. The Morgan fingerprint density at radius 2 is 1.84 bits per heavy atom. The number of rotatable bonds is 12. The van der Waals surface area contributed by atoms with Crippen LogP contribution in [-0.4, -0.2) is 124 Å². The van der Waals surface area contributed by atoms with Crippen LogP contribution in [-0.2, 0) is 52.8 Å². The van der Waals surface area contributed by atoms with Crippen LogP contribution in [0, 0.1) is 17.3 Å². The van der Waals surface area contributed by atoms with Crippen LogP contribution in [0.1, 0.15) is 84.5 Å². The van der Waals surface area contributed by atoms with Crippen LogP contribution in [0.3, 0.4) is 0 Å². The molecule has 67 heavy (non-hydrogen) atoms. The number of cyclic esters (lactones) is 1. The predicted octanol–water partition coefficient (Wildman–Crippen LogP) is 5.00. The third-order valence-corrected chi connectivity index (χ3v) is 13.2. The third kappa shape index (κ3) is 10.5. The van der Waals surface area contributed by atoms with E-state index in [9.17, 15) is 28.8 Å². The number of aromatic nitrogens is 2. The van der Waals surface area contributed by atoms with Crippen LogP contribution < -0.4 is 16.3 Å². The summed E-state index contributed by atoms with van der Waals surface area (Å²) in [5.41, 5.74) is 7.21. The van der Waals surface area contributed by atoms with Gasteiger partial charge >= 0.3 is 5.97 Å². The van der Waals surface area contributed by atoms with Gasteiger partial charge in [0.2, 0.25) is 17.7 Å². The number of ether oxygens (including phenoxy) is 2. The largest absolute Gasteiger partial charge is 0.464 e. The molecule has 6 rings (SSSR count). The fraction of sp³-hybridized carbons (Fsp3) is 0.510. The summed E-state index contributed by atoms with van der Waals surface area (Å²) >= 11 is 0. The van der Waals surface area contributed by atoms with E-state index in [1.54, 1.807) is 54.2 Å². The summed E-state index contributed by atoms with van der Waals surface area (Å²) in [7, 11) is 3.20. The van der Waals surface area contributed by atoms with Crippen LogP contribution in [0.4, 0.5) is 0 Å². The van der Waals surface area contributed by atoms with E-state index < -0.39 is 47.2 Å². The molecule has 3 aliphatic heterocycles. The Balaban J connectivity index is 1.47. The molecule has 16 nitrogen and oxygen atoms in total. The van der Waals surface area contributed by atoms with Crippen LogP contribution in [0.15, 0.2) is 77.3 Å². The molecule has 3 aliphatic rings. The normalized spacial score (nSPS) is 21.4. The molecule has 0 unspecified atom stereocenters. The Morgan fingerprint density at radius 1 is 1.09 bits per heavy atom. The molecule has 4 amide bonds. The minimum absolute atomic E-state index is 0.0595. The number of hydrogen-bond acceptors (Lipinski definition) is 10. The number of likely N-dealkylation sites (tertiary alicyclic amines) is 1. The Hall–Kier alpha value is -6.13. The molecule has 0 spiro atoms. The number of aliphatic imine (C=N–C) groups is 1. The summed E-state index contributed by atoms with van der Waals surface area (Å²) in [5.74, 6) is -3.10. The average Bonchev–Trinajstić information content (AvgIpc) is 3.92. The fourth-order valence-electron chi connectivity index (χ4n) is 9.76. The Morgan fingerprint density at radius 3 is 2.49 bits per heavy atom. The number of hydrogen-bond donors (Lipinski definition) is 2. The number of nitrogens with one attached hydrogen (secondary N) is 2. The van der Waals surface area contributed by atoms with E-state index in [2.05, 4.69) is 35.4 Å². The lowest BCUT2D eigenvalue weighted by Crippen LogP contribution is -2.62. The van der Waals surface area contributed by atoms with Crippen LogP contribution in [0.5, 0.6) is 0 Å². The number of hydrazine groups is 1. The summed E-state index contributed by atoms with van der Waals surface area (Å²) in [6, 6.07) is 6.12. The summed E-state index contributed by atoms with van der Waals surface area (Å²) in [4.78, 5) is 91.8. The third-order valence-electron chi connectivity index (χ3n) is 13.2. The van der Waals surface area contributed by atoms with Crippen molar-refractivity contribution in [1.29, 1.82) is 0 Å². The van der Waals surface area contributed by atoms with Crippen LogP contribution in [0.2, 0.25) is 0 Å². The highest BCUT2D eigenvalue weighted by molar-refractivity contribution is 5.95. The van der Waals surface area contributed by atoms with Crippen molar-refractivity contribution in [2.75, 3.05) is 40.4 Å². The van der Waals surface area contributed by atoms with Gasteiger partial charge in [0, 0.05) is 92.3 Å². The number of likely N-dealkylation sites (N-methyl/N-ethyl adjacent to an activating group) is 1. The van der Waals surface area contributed by atoms with E-state index in [1.807, 2.05) is 59.7 Å². The lowest BCUT2D eigenvalue weighted by Gasteiger charge is -2.37. The first kappa shape index (κ1) is 50.3.